The standard InChI is InChI=1S/C10H8O3.C9H6O3/c1-12-10(11)8-6-13-9-5-3-2-4-7(8)9;10-9(11)7-5-12-8-4-2-1-3-6(7)8/h2-6H,1H3;1-5H,(H,10,11). The zero-order chi connectivity index (χ0) is 17.8. The Labute approximate surface area is 142 Å². The Kier molecular flexibility index (Phi) is 4.52. The number of aromatic carboxylic acids is 1. The molecule has 0 saturated carbocycles. The van der Waals surface area contributed by atoms with Crippen LogP contribution in [0.15, 0.2) is 69.9 Å². The van der Waals surface area contributed by atoms with Gasteiger partial charge >= 0.3 is 11.9 Å². The van der Waals surface area contributed by atoms with E-state index in [2.05, 4.69) is 4.74 Å². The first kappa shape index (κ1) is 16.3. The van der Waals surface area contributed by atoms with Crippen LogP contribution >= 0.6 is 0 Å². The van der Waals surface area contributed by atoms with Crippen molar-refractivity contribution in [3.63, 3.8) is 0 Å². The normalized spacial score (nSPS) is 10.3. The van der Waals surface area contributed by atoms with E-state index in [4.69, 9.17) is 13.9 Å². The molecule has 4 aromatic rings. The molecule has 0 saturated heterocycles. The average molecular weight is 338 g/mol. The van der Waals surface area contributed by atoms with Crippen LogP contribution in [0.3, 0.4) is 0 Å². The third-order valence-corrected chi connectivity index (χ3v) is 3.60. The highest BCUT2D eigenvalue weighted by molar-refractivity contribution is 6.03. The summed E-state index contributed by atoms with van der Waals surface area (Å²) in [7, 11) is 1.35. The number of fused-ring (bicyclic) bond motifs is 2. The third kappa shape index (κ3) is 3.23. The number of carbonyl (C=O) groups excluding carboxylic acids is 1. The van der Waals surface area contributed by atoms with Crippen molar-refractivity contribution in [2.75, 3.05) is 7.11 Å². The lowest BCUT2D eigenvalue weighted by Gasteiger charge is -1.93. The number of carboxylic acids is 1. The van der Waals surface area contributed by atoms with Gasteiger partial charge in [0.1, 0.15) is 34.8 Å². The fraction of sp³-hybridized carbons (Fsp3) is 0.0526. The van der Waals surface area contributed by atoms with Crippen molar-refractivity contribution >= 4 is 33.9 Å². The summed E-state index contributed by atoms with van der Waals surface area (Å²) in [6.07, 6.45) is 2.67. The van der Waals surface area contributed by atoms with Crippen molar-refractivity contribution in [2.24, 2.45) is 0 Å². The van der Waals surface area contributed by atoms with Crippen molar-refractivity contribution in [2.45, 2.75) is 0 Å². The van der Waals surface area contributed by atoms with E-state index >= 15 is 0 Å². The monoisotopic (exact) mass is 338 g/mol. The molecule has 0 amide bonds. The van der Waals surface area contributed by atoms with E-state index in [1.807, 2.05) is 24.3 Å². The van der Waals surface area contributed by atoms with Gasteiger partial charge in [0.2, 0.25) is 0 Å². The molecule has 6 nitrogen and oxygen atoms in total. The van der Waals surface area contributed by atoms with E-state index in [1.165, 1.54) is 19.6 Å². The molecule has 0 fully saturated rings. The fourth-order valence-electron chi connectivity index (χ4n) is 2.39. The van der Waals surface area contributed by atoms with E-state index in [0.717, 1.165) is 5.39 Å². The third-order valence-electron chi connectivity index (χ3n) is 3.60. The molecule has 4 rings (SSSR count). The minimum Gasteiger partial charge on any atom is -0.478 e. The number of hydrogen-bond donors (Lipinski definition) is 1. The van der Waals surface area contributed by atoms with Crippen molar-refractivity contribution in [3.8, 4) is 0 Å². The first-order chi connectivity index (χ1) is 12.1. The van der Waals surface area contributed by atoms with E-state index < -0.39 is 5.97 Å². The van der Waals surface area contributed by atoms with E-state index in [0.29, 0.717) is 22.1 Å². The molecule has 2 aromatic carbocycles. The SMILES string of the molecule is COC(=O)c1coc2ccccc12.O=C(O)c1coc2ccccc12. The Morgan fingerprint density at radius 2 is 1.32 bits per heavy atom. The summed E-state index contributed by atoms with van der Waals surface area (Å²) in [5, 5.41) is 10.1. The summed E-state index contributed by atoms with van der Waals surface area (Å²) < 4.78 is 14.8. The van der Waals surface area contributed by atoms with Crippen LogP contribution in [0.1, 0.15) is 20.7 Å². The summed E-state index contributed by atoms with van der Waals surface area (Å²) in [6, 6.07) is 14.4. The number of methoxy groups -OCH3 is 1. The minimum absolute atomic E-state index is 0.214. The van der Waals surface area contributed by atoms with E-state index in [-0.39, 0.29) is 11.5 Å². The predicted molar refractivity (Wildman–Crippen MR) is 90.7 cm³/mol. The van der Waals surface area contributed by atoms with Gasteiger partial charge in [0, 0.05) is 10.8 Å². The Balaban J connectivity index is 0.000000146. The number of esters is 1. The van der Waals surface area contributed by atoms with Gasteiger partial charge in [-0.25, -0.2) is 9.59 Å². The zero-order valence-electron chi connectivity index (χ0n) is 13.3. The van der Waals surface area contributed by atoms with Gasteiger partial charge in [-0.15, -0.1) is 0 Å². The molecule has 0 bridgehead atoms. The minimum atomic E-state index is -0.958. The zero-order valence-corrected chi connectivity index (χ0v) is 13.3. The molecule has 1 N–H and O–H groups in total. The summed E-state index contributed by atoms with van der Waals surface area (Å²) in [6.45, 7) is 0. The molecule has 0 aliphatic carbocycles. The van der Waals surface area contributed by atoms with Gasteiger partial charge < -0.3 is 18.7 Å². The van der Waals surface area contributed by atoms with E-state index in [9.17, 15) is 9.59 Å². The van der Waals surface area contributed by atoms with Crippen LogP contribution < -0.4 is 0 Å². The molecular formula is C19H14O6. The number of rotatable bonds is 2. The molecular weight excluding hydrogens is 324 g/mol. The lowest BCUT2D eigenvalue weighted by molar-refractivity contribution is 0.0601. The molecule has 2 heterocycles. The topological polar surface area (TPSA) is 89.9 Å². The fourth-order valence-corrected chi connectivity index (χ4v) is 2.39. The molecule has 6 heteroatoms. The van der Waals surface area contributed by atoms with Gasteiger partial charge in [0.15, 0.2) is 0 Å². The molecule has 126 valence electrons. The predicted octanol–water partition coefficient (Wildman–Crippen LogP) is 4.35. The van der Waals surface area contributed by atoms with E-state index in [1.54, 1.807) is 24.3 Å². The molecule has 0 unspecified atom stereocenters. The van der Waals surface area contributed by atoms with Gasteiger partial charge in [-0.05, 0) is 12.1 Å². The molecule has 25 heavy (non-hydrogen) atoms. The second-order valence-electron chi connectivity index (χ2n) is 5.09. The van der Waals surface area contributed by atoms with Crippen molar-refractivity contribution < 1.29 is 28.3 Å². The highest BCUT2D eigenvalue weighted by atomic mass is 16.5. The number of hydrogen-bond acceptors (Lipinski definition) is 5. The quantitative estimate of drug-likeness (QED) is 0.546. The highest BCUT2D eigenvalue weighted by Crippen LogP contribution is 2.21. The number of para-hydroxylation sites is 2. The second-order valence-corrected chi connectivity index (χ2v) is 5.09. The van der Waals surface area contributed by atoms with Gasteiger partial charge in [0.25, 0.3) is 0 Å². The van der Waals surface area contributed by atoms with Crippen molar-refractivity contribution in [1.82, 2.24) is 0 Å². The van der Waals surface area contributed by atoms with Gasteiger partial charge in [-0.1, -0.05) is 36.4 Å². The maximum absolute atomic E-state index is 11.2. The Hall–Kier alpha value is -3.54. The summed E-state index contributed by atoms with van der Waals surface area (Å²) in [5.74, 6) is -1.33. The van der Waals surface area contributed by atoms with Crippen LogP contribution in [0, 0.1) is 0 Å². The summed E-state index contributed by atoms with van der Waals surface area (Å²) >= 11 is 0. The molecule has 0 spiro atoms. The van der Waals surface area contributed by atoms with Crippen LogP contribution in [-0.2, 0) is 4.74 Å². The molecule has 2 aromatic heterocycles. The number of ether oxygens (including phenoxy) is 1. The number of carbonyl (C=O) groups is 2. The number of furan rings is 2. The number of carboxylic acid groups (broad SMARTS) is 1. The smallest absolute Gasteiger partial charge is 0.341 e. The van der Waals surface area contributed by atoms with Gasteiger partial charge in [-0.2, -0.15) is 0 Å². The van der Waals surface area contributed by atoms with Crippen LogP contribution in [0.5, 0.6) is 0 Å². The molecule has 0 atom stereocenters. The van der Waals surface area contributed by atoms with Crippen LogP contribution in [0.2, 0.25) is 0 Å². The van der Waals surface area contributed by atoms with Crippen molar-refractivity contribution in [3.05, 3.63) is 72.2 Å². The second kappa shape index (κ2) is 6.92. The maximum atomic E-state index is 11.2. The first-order valence-corrected chi connectivity index (χ1v) is 7.36. The van der Waals surface area contributed by atoms with Gasteiger partial charge in [-0.3, -0.25) is 0 Å². The molecule has 0 radical (unpaired) electrons. The highest BCUT2D eigenvalue weighted by Gasteiger charge is 2.12. The Morgan fingerprint density at radius 1 is 0.840 bits per heavy atom. The lowest BCUT2D eigenvalue weighted by Crippen LogP contribution is -1.98. The maximum Gasteiger partial charge on any atom is 0.341 e. The Morgan fingerprint density at radius 3 is 1.84 bits per heavy atom. The largest absolute Gasteiger partial charge is 0.478 e. The molecule has 0 aliphatic heterocycles. The van der Waals surface area contributed by atoms with Gasteiger partial charge in [0.05, 0.1) is 7.11 Å². The summed E-state index contributed by atoms with van der Waals surface area (Å²) in [4.78, 5) is 21.8. The van der Waals surface area contributed by atoms with Crippen LogP contribution in [0.25, 0.3) is 21.9 Å². The van der Waals surface area contributed by atoms with Crippen LogP contribution in [0.4, 0.5) is 0 Å². The molecule has 0 aliphatic rings. The Bertz CT molecular complexity index is 1040. The number of benzene rings is 2. The first-order valence-electron chi connectivity index (χ1n) is 7.36. The summed E-state index contributed by atoms with van der Waals surface area (Å²) in [5.41, 5.74) is 1.99. The van der Waals surface area contributed by atoms with Crippen molar-refractivity contribution in [1.29, 1.82) is 0 Å². The average Bonchev–Trinajstić information content (AvgIpc) is 3.26. The lowest BCUT2D eigenvalue weighted by atomic mass is 10.2. The van der Waals surface area contributed by atoms with Crippen LogP contribution in [-0.4, -0.2) is 24.2 Å².